The maximum atomic E-state index is 12.5. The summed E-state index contributed by atoms with van der Waals surface area (Å²) < 4.78 is 0. The van der Waals surface area contributed by atoms with Crippen molar-refractivity contribution in [3.63, 3.8) is 0 Å². The number of aromatic nitrogens is 3. The van der Waals surface area contributed by atoms with Gasteiger partial charge >= 0.3 is 0 Å². The van der Waals surface area contributed by atoms with E-state index in [4.69, 9.17) is 11.6 Å². The number of H-pyrrole nitrogens is 1. The molecule has 22 heavy (non-hydrogen) atoms. The largest absolute Gasteiger partial charge is 0.356 e. The van der Waals surface area contributed by atoms with Crippen LogP contribution in [0.25, 0.3) is 0 Å². The number of hydrogen-bond donors (Lipinski definition) is 2. The molecule has 7 heteroatoms. The summed E-state index contributed by atoms with van der Waals surface area (Å²) in [5.74, 6) is 1.36. The monoisotopic (exact) mass is 319 g/mol. The highest BCUT2D eigenvalue weighted by molar-refractivity contribution is 6.34. The van der Waals surface area contributed by atoms with E-state index >= 15 is 0 Å². The minimum atomic E-state index is -0.116. The summed E-state index contributed by atoms with van der Waals surface area (Å²) in [6.45, 7) is 5.34. The fraction of sp³-hybridized carbons (Fsp3) is 0.400. The van der Waals surface area contributed by atoms with E-state index in [1.165, 1.54) is 0 Å². The second kappa shape index (κ2) is 5.96. The van der Waals surface area contributed by atoms with Crippen molar-refractivity contribution in [2.45, 2.75) is 13.8 Å². The van der Waals surface area contributed by atoms with Crippen molar-refractivity contribution in [2.24, 2.45) is 11.8 Å². The molecule has 1 saturated heterocycles. The molecule has 0 spiro atoms. The summed E-state index contributed by atoms with van der Waals surface area (Å²) >= 11 is 6.09. The number of carbonyl (C=O) groups excluding carboxylic acids is 1. The number of pyridine rings is 1. The van der Waals surface area contributed by atoms with Crippen molar-refractivity contribution >= 4 is 29.1 Å². The van der Waals surface area contributed by atoms with E-state index in [9.17, 15) is 4.79 Å². The Morgan fingerprint density at radius 3 is 2.91 bits per heavy atom. The summed E-state index contributed by atoms with van der Waals surface area (Å²) in [5.41, 5.74) is 0.742. The molecule has 0 aliphatic carbocycles. The van der Waals surface area contributed by atoms with Gasteiger partial charge in [0.1, 0.15) is 10.8 Å². The van der Waals surface area contributed by atoms with Gasteiger partial charge in [-0.05, 0) is 25.0 Å². The number of amides is 1. The molecule has 2 atom stereocenters. The lowest BCUT2D eigenvalue weighted by molar-refractivity contribution is -0.120. The van der Waals surface area contributed by atoms with E-state index in [1.807, 2.05) is 25.1 Å². The molecule has 2 aromatic rings. The fourth-order valence-corrected chi connectivity index (χ4v) is 2.88. The molecular weight excluding hydrogens is 302 g/mol. The highest BCUT2D eigenvalue weighted by Crippen LogP contribution is 2.29. The van der Waals surface area contributed by atoms with E-state index in [0.29, 0.717) is 17.4 Å². The van der Waals surface area contributed by atoms with Crippen molar-refractivity contribution in [3.8, 4) is 0 Å². The molecule has 1 aliphatic heterocycles. The van der Waals surface area contributed by atoms with Crippen LogP contribution in [0.1, 0.15) is 12.6 Å². The molecule has 6 nitrogen and oxygen atoms in total. The Balaban J connectivity index is 1.70. The Hall–Kier alpha value is -2.08. The molecule has 116 valence electrons. The van der Waals surface area contributed by atoms with Crippen molar-refractivity contribution in [3.05, 3.63) is 35.1 Å². The van der Waals surface area contributed by atoms with Crippen LogP contribution in [-0.2, 0) is 4.79 Å². The molecule has 1 fully saturated rings. The number of nitrogens with zero attached hydrogens (tertiary/aromatic N) is 3. The van der Waals surface area contributed by atoms with Crippen LogP contribution in [0.3, 0.4) is 0 Å². The zero-order valence-corrected chi connectivity index (χ0v) is 13.3. The predicted molar refractivity (Wildman–Crippen MR) is 86.1 cm³/mol. The van der Waals surface area contributed by atoms with Crippen LogP contribution < -0.4 is 10.2 Å². The molecular formula is C15H18ClN5O. The van der Waals surface area contributed by atoms with Crippen LogP contribution in [0, 0.1) is 18.8 Å². The van der Waals surface area contributed by atoms with Crippen molar-refractivity contribution < 1.29 is 4.79 Å². The first-order valence-electron chi connectivity index (χ1n) is 7.23. The molecule has 0 bridgehead atoms. The van der Waals surface area contributed by atoms with Crippen LogP contribution >= 0.6 is 11.6 Å². The Kier molecular flexibility index (Phi) is 4.02. The number of nitrogens with one attached hydrogen (secondary N) is 2. The minimum absolute atomic E-state index is 0.0562. The topological polar surface area (TPSA) is 73.9 Å². The third kappa shape index (κ3) is 2.78. The van der Waals surface area contributed by atoms with Gasteiger partial charge in [-0.15, -0.1) is 0 Å². The van der Waals surface area contributed by atoms with Gasteiger partial charge in [0, 0.05) is 19.3 Å². The molecule has 1 amide bonds. The molecule has 2 N–H and O–H groups in total. The van der Waals surface area contributed by atoms with E-state index in [2.05, 4.69) is 32.3 Å². The molecule has 1 aliphatic rings. The Morgan fingerprint density at radius 2 is 2.27 bits per heavy atom. The van der Waals surface area contributed by atoms with Crippen molar-refractivity contribution in [1.29, 1.82) is 0 Å². The Morgan fingerprint density at radius 1 is 1.45 bits per heavy atom. The van der Waals surface area contributed by atoms with Gasteiger partial charge in [-0.25, -0.2) is 4.98 Å². The van der Waals surface area contributed by atoms with Gasteiger partial charge < -0.3 is 10.2 Å². The smallest absolute Gasteiger partial charge is 0.230 e. The maximum absolute atomic E-state index is 12.5. The molecule has 0 saturated carbocycles. The highest BCUT2D eigenvalue weighted by atomic mass is 35.5. The third-order valence-electron chi connectivity index (χ3n) is 4.04. The summed E-state index contributed by atoms with van der Waals surface area (Å²) in [6.07, 6.45) is 1.76. The van der Waals surface area contributed by atoms with Gasteiger partial charge in [0.15, 0.2) is 5.82 Å². The second-order valence-corrected chi connectivity index (χ2v) is 6.06. The average molecular weight is 320 g/mol. The SMILES string of the molecule is Cc1[nH]nc(NC(=O)[C@@H]2CN(c3ccccn3)C[C@H]2C)c1Cl. The molecule has 0 radical (unpaired) electrons. The molecule has 0 unspecified atom stereocenters. The zero-order valence-electron chi connectivity index (χ0n) is 12.5. The molecule has 3 heterocycles. The maximum Gasteiger partial charge on any atom is 0.230 e. The van der Waals surface area contributed by atoms with E-state index in [1.54, 1.807) is 6.20 Å². The van der Waals surface area contributed by atoms with Crippen molar-refractivity contribution in [2.75, 3.05) is 23.3 Å². The van der Waals surface area contributed by atoms with E-state index < -0.39 is 0 Å². The van der Waals surface area contributed by atoms with E-state index in [-0.39, 0.29) is 17.7 Å². The first-order valence-corrected chi connectivity index (χ1v) is 7.61. The van der Waals surface area contributed by atoms with Gasteiger partial charge in [0.25, 0.3) is 0 Å². The van der Waals surface area contributed by atoms with Gasteiger partial charge in [0.2, 0.25) is 5.91 Å². The lowest BCUT2D eigenvalue weighted by Crippen LogP contribution is -2.29. The van der Waals surface area contributed by atoms with Gasteiger partial charge in [-0.1, -0.05) is 24.6 Å². The van der Waals surface area contributed by atoms with Crippen LogP contribution in [0.15, 0.2) is 24.4 Å². The van der Waals surface area contributed by atoms with E-state index in [0.717, 1.165) is 18.1 Å². The quantitative estimate of drug-likeness (QED) is 0.911. The molecule has 0 aromatic carbocycles. The third-order valence-corrected chi connectivity index (χ3v) is 4.50. The van der Waals surface area contributed by atoms with Crippen LogP contribution in [0.2, 0.25) is 5.02 Å². The number of rotatable bonds is 3. The standard InChI is InChI=1S/C15H18ClN5O/c1-9-7-21(12-5-3-4-6-17-12)8-11(9)15(22)18-14-13(16)10(2)19-20-14/h3-6,9,11H,7-8H2,1-2H3,(H2,18,19,20,22)/t9-,11-/m1/s1. The van der Waals surface area contributed by atoms with Gasteiger partial charge in [-0.2, -0.15) is 5.10 Å². The minimum Gasteiger partial charge on any atom is -0.356 e. The summed E-state index contributed by atoms with van der Waals surface area (Å²) in [7, 11) is 0. The number of halogens is 1. The lowest BCUT2D eigenvalue weighted by Gasteiger charge is -2.16. The first kappa shape index (κ1) is 14.8. The Labute approximate surface area is 133 Å². The summed E-state index contributed by atoms with van der Waals surface area (Å²) in [4.78, 5) is 19.0. The first-order chi connectivity index (χ1) is 10.6. The fourth-order valence-electron chi connectivity index (χ4n) is 2.74. The number of hydrogen-bond acceptors (Lipinski definition) is 4. The number of aromatic amines is 1. The number of carbonyl (C=O) groups is 1. The molecule has 2 aromatic heterocycles. The number of anilines is 2. The zero-order chi connectivity index (χ0) is 15.7. The predicted octanol–water partition coefficient (Wildman–Crippen LogP) is 2.48. The summed E-state index contributed by atoms with van der Waals surface area (Å²) in [5, 5.41) is 10.0. The summed E-state index contributed by atoms with van der Waals surface area (Å²) in [6, 6.07) is 5.79. The average Bonchev–Trinajstić information content (AvgIpc) is 3.06. The van der Waals surface area contributed by atoms with Gasteiger partial charge in [-0.3, -0.25) is 9.89 Å². The molecule has 3 rings (SSSR count). The Bertz CT molecular complexity index is 672. The van der Waals surface area contributed by atoms with Crippen LogP contribution in [0.4, 0.5) is 11.6 Å². The number of aryl methyl sites for hydroxylation is 1. The second-order valence-electron chi connectivity index (χ2n) is 5.68. The normalized spacial score (nSPS) is 21.1. The van der Waals surface area contributed by atoms with Crippen molar-refractivity contribution in [1.82, 2.24) is 15.2 Å². The highest BCUT2D eigenvalue weighted by Gasteiger charge is 2.35. The lowest BCUT2D eigenvalue weighted by atomic mass is 9.97. The van der Waals surface area contributed by atoms with Crippen LogP contribution in [0.5, 0.6) is 0 Å². The van der Waals surface area contributed by atoms with Crippen LogP contribution in [-0.4, -0.2) is 34.2 Å². The van der Waals surface area contributed by atoms with Gasteiger partial charge in [0.05, 0.1) is 11.6 Å².